The Balaban J connectivity index is 1.42. The second kappa shape index (κ2) is 8.23. The average molecular weight is 477 g/mol. The van der Waals surface area contributed by atoms with Crippen molar-refractivity contribution in [2.24, 2.45) is 0 Å². The first kappa shape index (κ1) is 22.4. The van der Waals surface area contributed by atoms with Crippen LogP contribution in [0.25, 0.3) is 20.2 Å². The van der Waals surface area contributed by atoms with Crippen LogP contribution in [0.1, 0.15) is 27.7 Å². The Morgan fingerprint density at radius 2 is 1.17 bits per heavy atom. The number of thiophene rings is 1. The van der Waals surface area contributed by atoms with Gasteiger partial charge in [-0.15, -0.1) is 11.3 Å². The van der Waals surface area contributed by atoms with E-state index in [1.165, 1.54) is 20.2 Å². The first-order valence-electron chi connectivity index (χ1n) is 12.0. The molecule has 0 spiro atoms. The number of nitrogens with zero attached hydrogens (tertiary/aromatic N) is 1. The molecule has 1 saturated heterocycles. The predicted octanol–water partition coefficient (Wildman–Crippen LogP) is 7.82. The van der Waals surface area contributed by atoms with Crippen LogP contribution in [-0.4, -0.2) is 18.3 Å². The van der Waals surface area contributed by atoms with E-state index in [9.17, 15) is 0 Å². The van der Waals surface area contributed by atoms with Crippen molar-refractivity contribution in [1.29, 1.82) is 0 Å². The van der Waals surface area contributed by atoms with Crippen LogP contribution in [0.5, 0.6) is 0 Å². The van der Waals surface area contributed by atoms with E-state index in [4.69, 9.17) is 9.31 Å². The van der Waals surface area contributed by atoms with Crippen molar-refractivity contribution in [3.63, 3.8) is 0 Å². The lowest BCUT2D eigenvalue weighted by atomic mass is 9.79. The molecule has 0 bridgehead atoms. The Labute approximate surface area is 211 Å². The molecule has 5 heteroatoms. The van der Waals surface area contributed by atoms with Gasteiger partial charge in [-0.05, 0) is 81.7 Å². The Kier molecular flexibility index (Phi) is 5.26. The van der Waals surface area contributed by atoms with Crippen LogP contribution in [0, 0.1) is 0 Å². The third-order valence-electron chi connectivity index (χ3n) is 7.31. The van der Waals surface area contributed by atoms with E-state index in [-0.39, 0.29) is 18.3 Å². The van der Waals surface area contributed by atoms with Crippen molar-refractivity contribution in [3.8, 4) is 0 Å². The summed E-state index contributed by atoms with van der Waals surface area (Å²) < 4.78 is 15.2. The normalized spacial score (nSPS) is 16.7. The summed E-state index contributed by atoms with van der Waals surface area (Å²) in [6, 6.07) is 34.5. The Bertz CT molecular complexity index is 1490. The van der Waals surface area contributed by atoms with Gasteiger partial charge in [0.25, 0.3) is 0 Å². The molecule has 0 aliphatic carbocycles. The zero-order chi connectivity index (χ0) is 24.2. The smallest absolute Gasteiger partial charge is 0.399 e. The Morgan fingerprint density at radius 1 is 0.600 bits per heavy atom. The summed E-state index contributed by atoms with van der Waals surface area (Å²) >= 11 is 1.84. The van der Waals surface area contributed by atoms with Crippen molar-refractivity contribution < 1.29 is 9.31 Å². The molecule has 0 saturated carbocycles. The van der Waals surface area contributed by atoms with E-state index < -0.39 is 0 Å². The quantitative estimate of drug-likeness (QED) is 0.246. The van der Waals surface area contributed by atoms with E-state index in [1.807, 2.05) is 11.3 Å². The van der Waals surface area contributed by atoms with Crippen LogP contribution in [-0.2, 0) is 9.31 Å². The van der Waals surface area contributed by atoms with E-state index in [0.717, 1.165) is 22.5 Å². The maximum Gasteiger partial charge on any atom is 0.494 e. The summed E-state index contributed by atoms with van der Waals surface area (Å²) in [4.78, 5) is 2.31. The molecule has 0 N–H and O–H groups in total. The molecule has 2 heterocycles. The minimum absolute atomic E-state index is 0.356. The Hall–Kier alpha value is -3.12. The van der Waals surface area contributed by atoms with Gasteiger partial charge in [0.1, 0.15) is 0 Å². The standard InChI is InChI=1S/C30H28BNO2S/c1-29(2)30(3,4)34-31(33-29)21-14-16-23(17-15-21)32(22-10-6-5-7-11-22)24-18-19-28-26(20-24)25-12-8-9-13-27(25)35-28/h5-20H,1-4H3. The van der Waals surface area contributed by atoms with E-state index in [0.29, 0.717) is 0 Å². The fourth-order valence-corrected chi connectivity index (χ4v) is 5.72. The van der Waals surface area contributed by atoms with Gasteiger partial charge in [-0.3, -0.25) is 0 Å². The fraction of sp³-hybridized carbons (Fsp3) is 0.200. The number of fused-ring (bicyclic) bond motifs is 3. The van der Waals surface area contributed by atoms with Gasteiger partial charge in [-0.1, -0.05) is 48.5 Å². The molecule has 1 aliphatic rings. The molecule has 1 fully saturated rings. The van der Waals surface area contributed by atoms with E-state index in [1.54, 1.807) is 0 Å². The third-order valence-corrected chi connectivity index (χ3v) is 8.46. The maximum atomic E-state index is 6.27. The summed E-state index contributed by atoms with van der Waals surface area (Å²) in [5, 5.41) is 2.59. The fourth-order valence-electron chi connectivity index (χ4n) is 4.64. The summed E-state index contributed by atoms with van der Waals surface area (Å²) in [5.41, 5.74) is 3.66. The highest BCUT2D eigenvalue weighted by Crippen LogP contribution is 2.41. The van der Waals surface area contributed by atoms with Gasteiger partial charge in [-0.25, -0.2) is 0 Å². The maximum absolute atomic E-state index is 6.27. The van der Waals surface area contributed by atoms with Crippen LogP contribution in [0.3, 0.4) is 0 Å². The minimum atomic E-state index is -0.368. The molecule has 6 rings (SSSR count). The largest absolute Gasteiger partial charge is 0.494 e. The number of rotatable bonds is 4. The molecule has 0 unspecified atom stereocenters. The van der Waals surface area contributed by atoms with Gasteiger partial charge >= 0.3 is 7.12 Å². The first-order valence-corrected chi connectivity index (χ1v) is 12.9. The molecule has 174 valence electrons. The number of hydrogen-bond acceptors (Lipinski definition) is 4. The van der Waals surface area contributed by atoms with E-state index in [2.05, 4.69) is 130 Å². The highest BCUT2D eigenvalue weighted by Gasteiger charge is 2.51. The van der Waals surface area contributed by atoms with Crippen LogP contribution in [0.15, 0.2) is 97.1 Å². The predicted molar refractivity (Wildman–Crippen MR) is 150 cm³/mol. The molecule has 4 aromatic carbocycles. The number of para-hydroxylation sites is 1. The topological polar surface area (TPSA) is 21.7 Å². The van der Waals surface area contributed by atoms with Crippen molar-refractivity contribution in [3.05, 3.63) is 97.1 Å². The zero-order valence-electron chi connectivity index (χ0n) is 20.5. The van der Waals surface area contributed by atoms with Gasteiger partial charge in [0.2, 0.25) is 0 Å². The summed E-state index contributed by atoms with van der Waals surface area (Å²) in [7, 11) is -0.368. The monoisotopic (exact) mass is 477 g/mol. The van der Waals surface area contributed by atoms with Crippen LogP contribution in [0.2, 0.25) is 0 Å². The van der Waals surface area contributed by atoms with Gasteiger partial charge in [0.05, 0.1) is 11.2 Å². The lowest BCUT2D eigenvalue weighted by Gasteiger charge is -2.32. The van der Waals surface area contributed by atoms with E-state index >= 15 is 0 Å². The minimum Gasteiger partial charge on any atom is -0.399 e. The van der Waals surface area contributed by atoms with Crippen LogP contribution < -0.4 is 10.4 Å². The molecule has 3 nitrogen and oxygen atoms in total. The zero-order valence-corrected chi connectivity index (χ0v) is 21.3. The highest BCUT2D eigenvalue weighted by atomic mass is 32.1. The molecule has 0 radical (unpaired) electrons. The number of benzene rings is 4. The molecule has 0 amide bonds. The lowest BCUT2D eigenvalue weighted by Crippen LogP contribution is -2.41. The third kappa shape index (κ3) is 3.84. The molecular formula is C30H28BNO2S. The molecule has 35 heavy (non-hydrogen) atoms. The summed E-state index contributed by atoms with van der Waals surface area (Å²) in [6.07, 6.45) is 0. The molecule has 0 atom stereocenters. The highest BCUT2D eigenvalue weighted by molar-refractivity contribution is 7.25. The van der Waals surface area contributed by atoms with Gasteiger partial charge in [-0.2, -0.15) is 0 Å². The van der Waals surface area contributed by atoms with Crippen molar-refractivity contribution in [2.45, 2.75) is 38.9 Å². The summed E-state index contributed by atoms with van der Waals surface area (Å²) in [6.45, 7) is 8.34. The first-order chi connectivity index (χ1) is 16.8. The average Bonchev–Trinajstić information content (AvgIpc) is 3.33. The lowest BCUT2D eigenvalue weighted by molar-refractivity contribution is 0.00578. The van der Waals surface area contributed by atoms with Gasteiger partial charge in [0, 0.05) is 37.2 Å². The molecule has 5 aromatic rings. The van der Waals surface area contributed by atoms with Crippen LogP contribution >= 0.6 is 11.3 Å². The van der Waals surface area contributed by atoms with Crippen molar-refractivity contribution >= 4 is 61.2 Å². The SMILES string of the molecule is CC1(C)OB(c2ccc(N(c3ccccc3)c3ccc4sc5ccccc5c4c3)cc2)OC1(C)C. The van der Waals surface area contributed by atoms with Gasteiger partial charge in [0.15, 0.2) is 0 Å². The number of hydrogen-bond donors (Lipinski definition) is 0. The summed E-state index contributed by atoms with van der Waals surface area (Å²) in [5.74, 6) is 0. The molecule has 1 aromatic heterocycles. The Morgan fingerprint density at radius 3 is 1.89 bits per heavy atom. The van der Waals surface area contributed by atoms with Crippen molar-refractivity contribution in [1.82, 2.24) is 0 Å². The van der Waals surface area contributed by atoms with Crippen molar-refractivity contribution in [2.75, 3.05) is 4.90 Å². The van der Waals surface area contributed by atoms with Crippen LogP contribution in [0.4, 0.5) is 17.1 Å². The molecule has 1 aliphatic heterocycles. The molecular weight excluding hydrogens is 449 g/mol. The second-order valence-corrected chi connectivity index (χ2v) is 11.2. The second-order valence-electron chi connectivity index (χ2n) is 10.1. The van der Waals surface area contributed by atoms with Gasteiger partial charge < -0.3 is 14.2 Å². The number of anilines is 3.